The molecule has 0 atom stereocenters. The smallest absolute Gasteiger partial charge is 0.344 e. The summed E-state index contributed by atoms with van der Waals surface area (Å²) in [5, 5.41) is 0. The maximum absolute atomic E-state index is 12.4. The number of sulfonamides is 1. The number of methoxy groups -OCH3 is 1. The molecule has 0 saturated carbocycles. The third kappa shape index (κ3) is 5.40. The van der Waals surface area contributed by atoms with E-state index in [9.17, 15) is 18.0 Å². The van der Waals surface area contributed by atoms with Crippen molar-refractivity contribution in [2.24, 2.45) is 0 Å². The summed E-state index contributed by atoms with van der Waals surface area (Å²) in [6.07, 6.45) is 0. The minimum atomic E-state index is -3.80. The molecule has 0 bridgehead atoms. The van der Waals surface area contributed by atoms with Crippen molar-refractivity contribution in [3.63, 3.8) is 0 Å². The number of ether oxygens (including phenoxy) is 2. The topological polar surface area (TPSA) is 98.8 Å². The molecule has 0 unspecified atom stereocenters. The molecule has 0 fully saturated rings. The van der Waals surface area contributed by atoms with Gasteiger partial charge in [-0.15, -0.1) is 0 Å². The van der Waals surface area contributed by atoms with E-state index in [1.54, 1.807) is 12.1 Å². The molecule has 0 heterocycles. The Morgan fingerprint density at radius 2 is 1.76 bits per heavy atom. The second-order valence-corrected chi connectivity index (χ2v) is 6.76. The van der Waals surface area contributed by atoms with Crippen LogP contribution < -0.4 is 4.72 Å². The van der Waals surface area contributed by atoms with Crippen LogP contribution in [0, 0.1) is 0 Å². The lowest BCUT2D eigenvalue weighted by molar-refractivity contribution is -0.144. The van der Waals surface area contributed by atoms with Crippen molar-refractivity contribution in [2.45, 2.75) is 11.4 Å². The summed E-state index contributed by atoms with van der Waals surface area (Å²) >= 11 is 0. The molecule has 0 radical (unpaired) electrons. The van der Waals surface area contributed by atoms with E-state index in [0.717, 1.165) is 5.56 Å². The number of esters is 2. The fraction of sp³-hybridized carbons (Fsp3) is 0.176. The molecular weight excluding hydrogens is 346 g/mol. The zero-order chi connectivity index (χ0) is 18.3. The van der Waals surface area contributed by atoms with Crippen LogP contribution in [0.25, 0.3) is 0 Å². The normalized spacial score (nSPS) is 10.9. The van der Waals surface area contributed by atoms with Crippen molar-refractivity contribution in [3.05, 3.63) is 65.7 Å². The maximum Gasteiger partial charge on any atom is 0.344 e. The molecule has 2 rings (SSSR count). The first-order valence-electron chi connectivity index (χ1n) is 7.30. The summed E-state index contributed by atoms with van der Waals surface area (Å²) in [5.74, 6) is -1.52. The zero-order valence-electron chi connectivity index (χ0n) is 13.5. The summed E-state index contributed by atoms with van der Waals surface area (Å²) in [4.78, 5) is 22.8. The van der Waals surface area contributed by atoms with Gasteiger partial charge in [0.25, 0.3) is 0 Å². The molecule has 1 N–H and O–H groups in total. The second kappa shape index (κ2) is 8.41. The van der Waals surface area contributed by atoms with Crippen LogP contribution in [0.3, 0.4) is 0 Å². The molecule has 0 aliphatic carbocycles. The van der Waals surface area contributed by atoms with Gasteiger partial charge in [-0.2, -0.15) is 0 Å². The Kier molecular flexibility index (Phi) is 6.26. The van der Waals surface area contributed by atoms with Gasteiger partial charge in [-0.05, 0) is 23.8 Å². The predicted molar refractivity (Wildman–Crippen MR) is 89.2 cm³/mol. The monoisotopic (exact) mass is 363 g/mol. The quantitative estimate of drug-likeness (QED) is 0.749. The molecule has 2 aromatic rings. The van der Waals surface area contributed by atoms with Crippen molar-refractivity contribution in [1.29, 1.82) is 0 Å². The van der Waals surface area contributed by atoms with E-state index in [1.807, 2.05) is 18.2 Å². The van der Waals surface area contributed by atoms with Gasteiger partial charge in [0.2, 0.25) is 10.0 Å². The van der Waals surface area contributed by atoms with Gasteiger partial charge in [0, 0.05) is 6.54 Å². The van der Waals surface area contributed by atoms with Crippen molar-refractivity contribution in [1.82, 2.24) is 4.72 Å². The highest BCUT2D eigenvalue weighted by Crippen LogP contribution is 2.13. The fourth-order valence-electron chi connectivity index (χ4n) is 1.91. The number of rotatable bonds is 7. The molecular formula is C17H17NO6S. The predicted octanol–water partition coefficient (Wildman–Crippen LogP) is 1.49. The van der Waals surface area contributed by atoms with E-state index in [2.05, 4.69) is 9.46 Å². The first kappa shape index (κ1) is 18.6. The van der Waals surface area contributed by atoms with Crippen LogP contribution in [0.1, 0.15) is 15.9 Å². The Morgan fingerprint density at radius 1 is 1.04 bits per heavy atom. The Hall–Kier alpha value is -2.71. The van der Waals surface area contributed by atoms with Crippen molar-refractivity contribution in [3.8, 4) is 0 Å². The van der Waals surface area contributed by atoms with Gasteiger partial charge in [0.1, 0.15) is 0 Å². The highest BCUT2D eigenvalue weighted by Gasteiger charge is 2.17. The third-order valence-corrected chi connectivity index (χ3v) is 4.64. The van der Waals surface area contributed by atoms with Crippen LogP contribution in [0.2, 0.25) is 0 Å². The van der Waals surface area contributed by atoms with Gasteiger partial charge in [0.05, 0.1) is 17.6 Å². The molecule has 25 heavy (non-hydrogen) atoms. The molecule has 7 nitrogen and oxygen atoms in total. The Bertz CT molecular complexity index is 848. The number of carbonyl (C=O) groups excluding carboxylic acids is 2. The molecule has 0 saturated heterocycles. The highest BCUT2D eigenvalue weighted by molar-refractivity contribution is 7.89. The molecule has 2 aromatic carbocycles. The van der Waals surface area contributed by atoms with E-state index in [0.29, 0.717) is 0 Å². The Balaban J connectivity index is 2.08. The lowest BCUT2D eigenvalue weighted by Crippen LogP contribution is -2.23. The van der Waals surface area contributed by atoms with Gasteiger partial charge in [-0.1, -0.05) is 36.4 Å². The van der Waals surface area contributed by atoms with E-state index < -0.39 is 28.6 Å². The SMILES string of the molecule is COC(=O)COC(=O)c1cccc(S(=O)(=O)NCc2ccccc2)c1. The number of benzene rings is 2. The van der Waals surface area contributed by atoms with E-state index in [1.165, 1.54) is 31.4 Å². The van der Waals surface area contributed by atoms with Crippen LogP contribution in [0.5, 0.6) is 0 Å². The third-order valence-electron chi connectivity index (χ3n) is 3.24. The minimum Gasteiger partial charge on any atom is -0.466 e. The summed E-state index contributed by atoms with van der Waals surface area (Å²) in [5.41, 5.74) is 0.825. The lowest BCUT2D eigenvalue weighted by Gasteiger charge is -2.08. The zero-order valence-corrected chi connectivity index (χ0v) is 14.3. The van der Waals surface area contributed by atoms with Crippen LogP contribution in [0.4, 0.5) is 0 Å². The lowest BCUT2D eigenvalue weighted by atomic mass is 10.2. The number of carbonyl (C=O) groups is 2. The molecule has 8 heteroatoms. The maximum atomic E-state index is 12.4. The van der Waals surface area contributed by atoms with Crippen LogP contribution in [-0.4, -0.2) is 34.1 Å². The van der Waals surface area contributed by atoms with Crippen molar-refractivity contribution < 1.29 is 27.5 Å². The van der Waals surface area contributed by atoms with Crippen molar-refractivity contribution in [2.75, 3.05) is 13.7 Å². The second-order valence-electron chi connectivity index (χ2n) is 4.99. The molecule has 0 aliphatic heterocycles. The number of nitrogens with one attached hydrogen (secondary N) is 1. The summed E-state index contributed by atoms with van der Waals surface area (Å²) in [6, 6.07) is 14.4. The van der Waals surface area contributed by atoms with Crippen LogP contribution in [0.15, 0.2) is 59.5 Å². The largest absolute Gasteiger partial charge is 0.466 e. The first-order valence-corrected chi connectivity index (χ1v) is 8.78. The van der Waals surface area contributed by atoms with Crippen molar-refractivity contribution >= 4 is 22.0 Å². The van der Waals surface area contributed by atoms with Gasteiger partial charge < -0.3 is 9.47 Å². The van der Waals surface area contributed by atoms with Crippen LogP contribution >= 0.6 is 0 Å². The molecule has 0 aliphatic rings. The number of hydrogen-bond acceptors (Lipinski definition) is 6. The van der Waals surface area contributed by atoms with E-state index in [4.69, 9.17) is 4.74 Å². The molecule has 0 amide bonds. The van der Waals surface area contributed by atoms with Crippen LogP contribution in [-0.2, 0) is 30.8 Å². The summed E-state index contributed by atoms with van der Waals surface area (Å²) in [6.45, 7) is -0.418. The first-order chi connectivity index (χ1) is 11.9. The fourth-order valence-corrected chi connectivity index (χ4v) is 2.98. The summed E-state index contributed by atoms with van der Waals surface area (Å²) in [7, 11) is -2.63. The van der Waals surface area contributed by atoms with Gasteiger partial charge in [0.15, 0.2) is 6.61 Å². The summed E-state index contributed by atoms with van der Waals surface area (Å²) < 4.78 is 36.3. The molecule has 0 spiro atoms. The average Bonchev–Trinajstić information content (AvgIpc) is 2.65. The minimum absolute atomic E-state index is 0.0199. The highest BCUT2D eigenvalue weighted by atomic mass is 32.2. The van der Waals surface area contributed by atoms with Gasteiger partial charge >= 0.3 is 11.9 Å². The van der Waals surface area contributed by atoms with E-state index >= 15 is 0 Å². The molecule has 0 aromatic heterocycles. The van der Waals surface area contributed by atoms with E-state index in [-0.39, 0.29) is 17.0 Å². The van der Waals surface area contributed by atoms with Gasteiger partial charge in [-0.3, -0.25) is 0 Å². The van der Waals surface area contributed by atoms with Gasteiger partial charge in [-0.25, -0.2) is 22.7 Å². The Labute approximate surface area is 145 Å². The average molecular weight is 363 g/mol. The number of hydrogen-bond donors (Lipinski definition) is 1. The standard InChI is InChI=1S/C17H17NO6S/c1-23-16(19)12-24-17(20)14-8-5-9-15(10-14)25(21,22)18-11-13-6-3-2-4-7-13/h2-10,18H,11-12H2,1H3. The Morgan fingerprint density at radius 3 is 2.44 bits per heavy atom. The molecule has 132 valence electrons.